The van der Waals surface area contributed by atoms with Crippen LogP contribution in [0.2, 0.25) is 5.15 Å². The molecule has 0 radical (unpaired) electrons. The van der Waals surface area contributed by atoms with Crippen molar-refractivity contribution in [2.75, 3.05) is 13.2 Å². The number of amides is 1. The predicted octanol–water partition coefficient (Wildman–Crippen LogP) is 1.28. The van der Waals surface area contributed by atoms with E-state index in [0.29, 0.717) is 17.6 Å². The molecule has 188 valence electrons. The van der Waals surface area contributed by atoms with Gasteiger partial charge in [0.05, 0.1) is 43.7 Å². The minimum Gasteiger partial charge on any atom is -0.393 e. The lowest BCUT2D eigenvalue weighted by atomic mass is 9.85. The van der Waals surface area contributed by atoms with Crippen LogP contribution in [0.1, 0.15) is 44.0 Å². The van der Waals surface area contributed by atoms with Gasteiger partial charge < -0.3 is 30.1 Å². The number of carbonyl (C=O) groups excluding carboxylic acids is 2. The van der Waals surface area contributed by atoms with Crippen molar-refractivity contribution in [2.24, 2.45) is 11.8 Å². The summed E-state index contributed by atoms with van der Waals surface area (Å²) in [5.41, 5.74) is 0.986. The summed E-state index contributed by atoms with van der Waals surface area (Å²) in [5.74, 6) is -1.01. The van der Waals surface area contributed by atoms with Crippen molar-refractivity contribution in [3.63, 3.8) is 0 Å². The second kappa shape index (κ2) is 11.7. The Morgan fingerprint density at radius 1 is 1.26 bits per heavy atom. The number of pyridine rings is 1. The van der Waals surface area contributed by atoms with Crippen LogP contribution in [0.5, 0.6) is 0 Å². The fraction of sp³-hybridized carbons (Fsp3) is 0.625. The number of halogens is 1. The van der Waals surface area contributed by atoms with Crippen LogP contribution in [0.15, 0.2) is 30.0 Å². The van der Waals surface area contributed by atoms with Crippen molar-refractivity contribution < 1.29 is 34.4 Å². The molecule has 4 N–H and O–H groups in total. The molecule has 2 aliphatic rings. The van der Waals surface area contributed by atoms with Crippen LogP contribution < -0.4 is 5.32 Å². The van der Waals surface area contributed by atoms with Gasteiger partial charge in [-0.2, -0.15) is 0 Å². The second-order valence-electron chi connectivity index (χ2n) is 9.29. The van der Waals surface area contributed by atoms with Gasteiger partial charge in [0.1, 0.15) is 11.3 Å². The first kappa shape index (κ1) is 26.7. The molecule has 2 fully saturated rings. The summed E-state index contributed by atoms with van der Waals surface area (Å²) in [4.78, 5) is 28.1. The summed E-state index contributed by atoms with van der Waals surface area (Å²) >= 11 is 5.70. The zero-order chi connectivity index (χ0) is 25.0. The van der Waals surface area contributed by atoms with E-state index >= 15 is 0 Å². The molecule has 1 amide bonds. The Morgan fingerprint density at radius 2 is 2.00 bits per heavy atom. The van der Waals surface area contributed by atoms with E-state index in [2.05, 4.69) is 10.3 Å². The first-order valence-corrected chi connectivity index (χ1v) is 11.9. The standard InChI is InChI=1S/C24H33ClN2O7/c1-12(7-21(30)27-10-17(29)15-4-5-20(25)26-9-15)6-18-23(32)22(31)16(11-33-18)8-19-24(34-19)13(2)14(3)28/h4-5,7,9,13-14,16,18-19,22-24,28,31-32H,6,8,10-11H2,1-3H3,(H,27,30)/b12-7+/t13-,14-,16-,18-,19-,22+,23-,24-/m0/s1. The SMILES string of the molecule is C/C(=C\C(=O)NCC(=O)c1ccc(Cl)nc1)C[C@@H]1OC[C@H](C[C@@H]2O[C@H]2[C@@H](C)[C@H](C)O)[C@@H](O)[C@H]1O. The number of carbonyl (C=O) groups is 2. The number of Topliss-reactive ketones (excluding diaryl/α,β-unsaturated/α-hetero) is 1. The van der Waals surface area contributed by atoms with Crippen LogP contribution in [0, 0.1) is 11.8 Å². The highest BCUT2D eigenvalue weighted by molar-refractivity contribution is 6.29. The second-order valence-corrected chi connectivity index (χ2v) is 9.68. The Labute approximate surface area is 204 Å². The number of aromatic nitrogens is 1. The summed E-state index contributed by atoms with van der Waals surface area (Å²) in [6.45, 7) is 5.44. The Balaban J connectivity index is 1.43. The van der Waals surface area contributed by atoms with Gasteiger partial charge in [-0.1, -0.05) is 24.1 Å². The highest BCUT2D eigenvalue weighted by atomic mass is 35.5. The van der Waals surface area contributed by atoms with Crippen LogP contribution in [0.4, 0.5) is 0 Å². The average molecular weight is 497 g/mol. The topological polar surface area (TPSA) is 142 Å². The van der Waals surface area contributed by atoms with Gasteiger partial charge in [0.25, 0.3) is 0 Å². The highest BCUT2D eigenvalue weighted by Crippen LogP contribution is 2.38. The number of nitrogens with one attached hydrogen (secondary N) is 1. The average Bonchev–Trinajstić information content (AvgIpc) is 3.56. The molecule has 9 nitrogen and oxygen atoms in total. The van der Waals surface area contributed by atoms with Crippen LogP contribution in [0.3, 0.4) is 0 Å². The van der Waals surface area contributed by atoms with Gasteiger partial charge in [-0.05, 0) is 38.8 Å². The molecule has 1 aromatic rings. The molecule has 8 atom stereocenters. The van der Waals surface area contributed by atoms with Crippen molar-refractivity contribution in [1.82, 2.24) is 10.3 Å². The van der Waals surface area contributed by atoms with E-state index in [-0.39, 0.29) is 54.6 Å². The third-order valence-corrected chi connectivity index (χ3v) is 6.77. The molecule has 0 aliphatic carbocycles. The van der Waals surface area contributed by atoms with Crippen LogP contribution >= 0.6 is 11.6 Å². The number of nitrogens with zero attached hydrogens (tertiary/aromatic N) is 1. The molecule has 2 saturated heterocycles. The maximum atomic E-state index is 12.2. The molecule has 0 unspecified atom stereocenters. The maximum absolute atomic E-state index is 12.2. The zero-order valence-corrected chi connectivity index (χ0v) is 20.3. The molecule has 1 aromatic heterocycles. The number of rotatable bonds is 10. The fourth-order valence-electron chi connectivity index (χ4n) is 4.17. The Morgan fingerprint density at radius 3 is 2.65 bits per heavy atom. The van der Waals surface area contributed by atoms with Crippen LogP contribution in [-0.2, 0) is 14.3 Å². The summed E-state index contributed by atoms with van der Waals surface area (Å²) in [5, 5.41) is 33.7. The number of ether oxygens (including phenoxy) is 2. The molecule has 0 bridgehead atoms. The van der Waals surface area contributed by atoms with Crippen molar-refractivity contribution in [1.29, 1.82) is 0 Å². The van der Waals surface area contributed by atoms with E-state index in [4.69, 9.17) is 21.1 Å². The minimum atomic E-state index is -1.10. The smallest absolute Gasteiger partial charge is 0.244 e. The fourth-order valence-corrected chi connectivity index (χ4v) is 4.28. The van der Waals surface area contributed by atoms with Gasteiger partial charge in [-0.3, -0.25) is 9.59 Å². The lowest BCUT2D eigenvalue weighted by Crippen LogP contribution is -2.50. The Bertz CT molecular complexity index is 892. The first-order chi connectivity index (χ1) is 16.1. The normalized spacial score (nSPS) is 31.0. The van der Waals surface area contributed by atoms with Gasteiger partial charge >= 0.3 is 0 Å². The minimum absolute atomic E-state index is 0.00130. The van der Waals surface area contributed by atoms with Gasteiger partial charge in [-0.25, -0.2) is 4.98 Å². The van der Waals surface area contributed by atoms with E-state index in [0.717, 1.165) is 0 Å². The van der Waals surface area contributed by atoms with Crippen LogP contribution in [0.25, 0.3) is 0 Å². The lowest BCUT2D eigenvalue weighted by Gasteiger charge is -2.38. The van der Waals surface area contributed by atoms with E-state index in [1.54, 1.807) is 13.8 Å². The van der Waals surface area contributed by atoms with Gasteiger partial charge in [0.2, 0.25) is 5.91 Å². The van der Waals surface area contributed by atoms with Gasteiger partial charge in [-0.15, -0.1) is 0 Å². The summed E-state index contributed by atoms with van der Waals surface area (Å²) in [7, 11) is 0. The maximum Gasteiger partial charge on any atom is 0.244 e. The molecular weight excluding hydrogens is 464 g/mol. The molecule has 0 aromatic carbocycles. The highest BCUT2D eigenvalue weighted by Gasteiger charge is 2.48. The number of hydrogen-bond donors (Lipinski definition) is 4. The lowest BCUT2D eigenvalue weighted by molar-refractivity contribution is -0.165. The summed E-state index contributed by atoms with van der Waals surface area (Å²) in [6, 6.07) is 3.04. The molecule has 3 heterocycles. The Hall–Kier alpha value is -1.88. The first-order valence-electron chi connectivity index (χ1n) is 11.5. The molecule has 3 rings (SSSR count). The van der Waals surface area contributed by atoms with E-state index in [1.807, 2.05) is 6.92 Å². The number of ketones is 1. The summed E-state index contributed by atoms with van der Waals surface area (Å²) in [6.07, 6.45) is 0.191. The van der Waals surface area contributed by atoms with Crippen molar-refractivity contribution in [3.05, 3.63) is 40.7 Å². The van der Waals surface area contributed by atoms with E-state index < -0.39 is 30.3 Å². The predicted molar refractivity (Wildman–Crippen MR) is 124 cm³/mol. The van der Waals surface area contributed by atoms with Gasteiger partial charge in [0, 0.05) is 29.7 Å². The summed E-state index contributed by atoms with van der Waals surface area (Å²) < 4.78 is 11.4. The molecule has 34 heavy (non-hydrogen) atoms. The van der Waals surface area contributed by atoms with Crippen molar-refractivity contribution in [2.45, 2.75) is 70.2 Å². The quantitative estimate of drug-likeness (QED) is 0.164. The Kier molecular flexibility index (Phi) is 9.20. The number of aliphatic hydroxyl groups excluding tert-OH is 3. The molecule has 10 heteroatoms. The molecule has 2 aliphatic heterocycles. The molecular formula is C24H33ClN2O7. The number of hydrogen-bond acceptors (Lipinski definition) is 8. The third-order valence-electron chi connectivity index (χ3n) is 6.55. The van der Waals surface area contributed by atoms with Crippen molar-refractivity contribution >= 4 is 23.3 Å². The number of epoxide rings is 1. The molecule has 0 spiro atoms. The van der Waals surface area contributed by atoms with E-state index in [9.17, 15) is 24.9 Å². The zero-order valence-electron chi connectivity index (χ0n) is 19.6. The van der Waals surface area contributed by atoms with Gasteiger partial charge in [0.15, 0.2) is 5.78 Å². The monoisotopic (exact) mass is 496 g/mol. The molecule has 0 saturated carbocycles. The number of aliphatic hydroxyl groups is 3. The van der Waals surface area contributed by atoms with Crippen molar-refractivity contribution in [3.8, 4) is 0 Å². The largest absolute Gasteiger partial charge is 0.393 e. The van der Waals surface area contributed by atoms with E-state index in [1.165, 1.54) is 24.4 Å². The third kappa shape index (κ3) is 7.07. The van der Waals surface area contributed by atoms with Crippen LogP contribution in [-0.4, -0.2) is 81.8 Å².